The molecule has 0 radical (unpaired) electrons. The van der Waals surface area contributed by atoms with Crippen LogP contribution in [0.15, 0.2) is 0 Å². The Hall–Kier alpha value is -0.650. The SMILES string of the molecule is COCCCNC(=O)CN(C)CC(C)O. The lowest BCUT2D eigenvalue weighted by molar-refractivity contribution is -0.122. The van der Waals surface area contributed by atoms with E-state index in [1.165, 1.54) is 0 Å². The highest BCUT2D eigenvalue weighted by Crippen LogP contribution is 1.87. The first-order chi connectivity index (χ1) is 7.06. The molecule has 1 unspecified atom stereocenters. The van der Waals surface area contributed by atoms with E-state index in [4.69, 9.17) is 9.84 Å². The molecular weight excluding hydrogens is 196 g/mol. The van der Waals surface area contributed by atoms with Crippen LogP contribution in [-0.4, -0.2) is 62.4 Å². The molecular formula is C10H22N2O3. The molecule has 0 fully saturated rings. The number of hydrogen-bond acceptors (Lipinski definition) is 4. The van der Waals surface area contributed by atoms with Gasteiger partial charge in [-0.05, 0) is 20.4 Å². The maximum absolute atomic E-state index is 11.3. The van der Waals surface area contributed by atoms with Crippen molar-refractivity contribution in [1.82, 2.24) is 10.2 Å². The van der Waals surface area contributed by atoms with Crippen molar-refractivity contribution in [2.45, 2.75) is 19.4 Å². The molecule has 0 spiro atoms. The van der Waals surface area contributed by atoms with Crippen LogP contribution >= 0.6 is 0 Å². The number of methoxy groups -OCH3 is 1. The van der Waals surface area contributed by atoms with Gasteiger partial charge in [0.15, 0.2) is 0 Å². The van der Waals surface area contributed by atoms with Crippen LogP contribution in [0, 0.1) is 0 Å². The Labute approximate surface area is 91.4 Å². The number of aliphatic hydroxyl groups is 1. The third-order valence-electron chi connectivity index (χ3n) is 1.84. The van der Waals surface area contributed by atoms with Crippen LogP contribution in [0.1, 0.15) is 13.3 Å². The van der Waals surface area contributed by atoms with Crippen LogP contribution in [0.3, 0.4) is 0 Å². The van der Waals surface area contributed by atoms with Gasteiger partial charge in [-0.1, -0.05) is 0 Å². The third kappa shape index (κ3) is 9.65. The average molecular weight is 218 g/mol. The Morgan fingerprint density at radius 3 is 2.80 bits per heavy atom. The van der Waals surface area contributed by atoms with Crippen molar-refractivity contribution in [3.63, 3.8) is 0 Å². The monoisotopic (exact) mass is 218 g/mol. The van der Waals surface area contributed by atoms with Crippen LogP contribution in [-0.2, 0) is 9.53 Å². The van der Waals surface area contributed by atoms with Gasteiger partial charge in [-0.2, -0.15) is 0 Å². The van der Waals surface area contributed by atoms with E-state index in [1.807, 2.05) is 0 Å². The first kappa shape index (κ1) is 14.3. The second-order valence-electron chi connectivity index (χ2n) is 3.74. The van der Waals surface area contributed by atoms with Gasteiger partial charge in [-0.15, -0.1) is 0 Å². The molecule has 0 aromatic carbocycles. The molecule has 15 heavy (non-hydrogen) atoms. The summed E-state index contributed by atoms with van der Waals surface area (Å²) >= 11 is 0. The van der Waals surface area contributed by atoms with Gasteiger partial charge in [-0.3, -0.25) is 9.69 Å². The second kappa shape index (κ2) is 8.64. The normalized spacial score (nSPS) is 12.9. The lowest BCUT2D eigenvalue weighted by Gasteiger charge is -2.17. The highest BCUT2D eigenvalue weighted by molar-refractivity contribution is 5.77. The van der Waals surface area contributed by atoms with E-state index in [9.17, 15) is 4.79 Å². The lowest BCUT2D eigenvalue weighted by atomic mass is 10.3. The van der Waals surface area contributed by atoms with E-state index in [-0.39, 0.29) is 5.91 Å². The van der Waals surface area contributed by atoms with Gasteiger partial charge < -0.3 is 15.2 Å². The molecule has 0 heterocycles. The van der Waals surface area contributed by atoms with Crippen molar-refractivity contribution in [3.05, 3.63) is 0 Å². The minimum Gasteiger partial charge on any atom is -0.392 e. The Balaban J connectivity index is 3.47. The number of likely N-dealkylation sites (N-methyl/N-ethyl adjacent to an activating group) is 1. The molecule has 0 aliphatic rings. The number of rotatable bonds is 8. The quantitative estimate of drug-likeness (QED) is 0.537. The first-order valence-electron chi connectivity index (χ1n) is 5.18. The summed E-state index contributed by atoms with van der Waals surface area (Å²) in [5.74, 6) is -0.0192. The fraction of sp³-hybridized carbons (Fsp3) is 0.900. The van der Waals surface area contributed by atoms with Crippen LogP contribution in [0.25, 0.3) is 0 Å². The summed E-state index contributed by atoms with van der Waals surface area (Å²) in [5, 5.41) is 11.9. The third-order valence-corrected chi connectivity index (χ3v) is 1.84. The smallest absolute Gasteiger partial charge is 0.234 e. The molecule has 0 aromatic heterocycles. The maximum atomic E-state index is 11.3. The summed E-state index contributed by atoms with van der Waals surface area (Å²) in [6.45, 7) is 3.81. The second-order valence-corrected chi connectivity index (χ2v) is 3.74. The topological polar surface area (TPSA) is 61.8 Å². The number of nitrogens with zero attached hydrogens (tertiary/aromatic N) is 1. The van der Waals surface area contributed by atoms with E-state index in [1.54, 1.807) is 26.0 Å². The average Bonchev–Trinajstić information content (AvgIpc) is 2.10. The molecule has 0 saturated carbocycles. The molecule has 2 N–H and O–H groups in total. The van der Waals surface area contributed by atoms with Crippen LogP contribution in [0.5, 0.6) is 0 Å². The number of hydrogen-bond donors (Lipinski definition) is 2. The van der Waals surface area contributed by atoms with Gasteiger partial charge in [0.05, 0.1) is 12.6 Å². The number of nitrogens with one attached hydrogen (secondary N) is 1. The summed E-state index contributed by atoms with van der Waals surface area (Å²) in [5.41, 5.74) is 0. The number of amides is 1. The first-order valence-corrected chi connectivity index (χ1v) is 5.18. The van der Waals surface area contributed by atoms with Crippen LogP contribution < -0.4 is 5.32 Å². The highest BCUT2D eigenvalue weighted by atomic mass is 16.5. The van der Waals surface area contributed by atoms with Crippen molar-refractivity contribution in [1.29, 1.82) is 0 Å². The maximum Gasteiger partial charge on any atom is 0.234 e. The number of aliphatic hydroxyl groups excluding tert-OH is 1. The van der Waals surface area contributed by atoms with Gasteiger partial charge >= 0.3 is 0 Å². The number of ether oxygens (including phenoxy) is 1. The van der Waals surface area contributed by atoms with E-state index < -0.39 is 6.10 Å². The zero-order chi connectivity index (χ0) is 11.7. The van der Waals surface area contributed by atoms with Gasteiger partial charge in [0, 0.05) is 26.8 Å². The fourth-order valence-corrected chi connectivity index (χ4v) is 1.26. The molecule has 5 heteroatoms. The zero-order valence-corrected chi connectivity index (χ0v) is 9.82. The standard InChI is InChI=1S/C10H22N2O3/c1-9(13)7-12(2)8-10(14)11-5-4-6-15-3/h9,13H,4-8H2,1-3H3,(H,11,14). The molecule has 0 aliphatic carbocycles. The molecule has 1 atom stereocenters. The van der Waals surface area contributed by atoms with Gasteiger partial charge in [0.1, 0.15) is 0 Å². The van der Waals surface area contributed by atoms with E-state index in [0.717, 1.165) is 6.42 Å². The summed E-state index contributed by atoms with van der Waals surface area (Å²) in [7, 11) is 3.44. The van der Waals surface area contributed by atoms with Crippen LogP contribution in [0.2, 0.25) is 0 Å². The molecule has 0 saturated heterocycles. The number of carbonyl (C=O) groups is 1. The molecule has 1 amide bonds. The van der Waals surface area contributed by atoms with Crippen molar-refractivity contribution >= 4 is 5.91 Å². The fourth-order valence-electron chi connectivity index (χ4n) is 1.26. The predicted molar refractivity (Wildman–Crippen MR) is 58.7 cm³/mol. The predicted octanol–water partition coefficient (Wildman–Crippen LogP) is -0.548. The summed E-state index contributed by atoms with van der Waals surface area (Å²) in [6, 6.07) is 0. The summed E-state index contributed by atoms with van der Waals surface area (Å²) in [6.07, 6.45) is 0.416. The molecule has 0 rings (SSSR count). The molecule has 0 aliphatic heterocycles. The minimum atomic E-state index is -0.406. The van der Waals surface area contributed by atoms with E-state index >= 15 is 0 Å². The van der Waals surface area contributed by atoms with E-state index in [2.05, 4.69) is 5.32 Å². The van der Waals surface area contributed by atoms with Gasteiger partial charge in [0.2, 0.25) is 5.91 Å². The van der Waals surface area contributed by atoms with Crippen molar-refractivity contribution < 1.29 is 14.6 Å². The van der Waals surface area contributed by atoms with Crippen molar-refractivity contribution in [2.24, 2.45) is 0 Å². The molecule has 90 valence electrons. The largest absolute Gasteiger partial charge is 0.392 e. The summed E-state index contributed by atoms with van der Waals surface area (Å²) in [4.78, 5) is 13.1. The van der Waals surface area contributed by atoms with Gasteiger partial charge in [-0.25, -0.2) is 0 Å². The Morgan fingerprint density at radius 1 is 1.60 bits per heavy atom. The Kier molecular flexibility index (Phi) is 8.27. The van der Waals surface area contributed by atoms with E-state index in [0.29, 0.717) is 26.2 Å². The lowest BCUT2D eigenvalue weighted by Crippen LogP contribution is -2.38. The Morgan fingerprint density at radius 2 is 2.27 bits per heavy atom. The van der Waals surface area contributed by atoms with Gasteiger partial charge in [0.25, 0.3) is 0 Å². The summed E-state index contributed by atoms with van der Waals surface area (Å²) < 4.78 is 4.86. The van der Waals surface area contributed by atoms with Crippen molar-refractivity contribution in [3.8, 4) is 0 Å². The molecule has 0 aromatic rings. The number of carbonyl (C=O) groups excluding carboxylic acids is 1. The molecule has 0 bridgehead atoms. The van der Waals surface area contributed by atoms with Crippen LogP contribution in [0.4, 0.5) is 0 Å². The van der Waals surface area contributed by atoms with Crippen molar-refractivity contribution in [2.75, 3.05) is 40.4 Å². The molecule has 5 nitrogen and oxygen atoms in total. The Bertz CT molecular complexity index is 174. The zero-order valence-electron chi connectivity index (χ0n) is 9.82. The minimum absolute atomic E-state index is 0.0192. The highest BCUT2D eigenvalue weighted by Gasteiger charge is 2.07.